The third-order valence-electron chi connectivity index (χ3n) is 7.92. The molecule has 4 aromatic rings. The Morgan fingerprint density at radius 1 is 0.884 bits per heavy atom. The van der Waals surface area contributed by atoms with E-state index in [9.17, 15) is 19.2 Å². The van der Waals surface area contributed by atoms with Crippen molar-refractivity contribution >= 4 is 40.2 Å². The number of carbonyl (C=O) groups is 4. The normalized spacial score (nSPS) is 12.8. The van der Waals surface area contributed by atoms with Crippen LogP contribution in [0.15, 0.2) is 72.9 Å². The highest BCUT2D eigenvalue weighted by Crippen LogP contribution is 2.29. The van der Waals surface area contributed by atoms with Gasteiger partial charge in [0.05, 0.1) is 25.3 Å². The van der Waals surface area contributed by atoms with Crippen molar-refractivity contribution in [1.82, 2.24) is 14.4 Å². The largest absolute Gasteiger partial charge is 0.493 e. The van der Waals surface area contributed by atoms with Crippen molar-refractivity contribution in [3.05, 3.63) is 89.6 Å². The van der Waals surface area contributed by atoms with Gasteiger partial charge in [-0.1, -0.05) is 18.2 Å². The van der Waals surface area contributed by atoms with Gasteiger partial charge in [0, 0.05) is 36.4 Å². The van der Waals surface area contributed by atoms with Crippen LogP contribution in [0.1, 0.15) is 40.1 Å². The van der Waals surface area contributed by atoms with E-state index < -0.39 is 35.7 Å². The average Bonchev–Trinajstić information content (AvgIpc) is 3.48. The fourth-order valence-electron chi connectivity index (χ4n) is 5.36. The number of carbonyl (C=O) groups excluding carboxylic acids is 4. The Balaban J connectivity index is 1.41. The first-order valence-electron chi connectivity index (χ1n) is 13.9. The number of hydrogen-bond acceptors (Lipinski definition) is 6. The van der Waals surface area contributed by atoms with Gasteiger partial charge in [0.2, 0.25) is 11.8 Å². The van der Waals surface area contributed by atoms with Gasteiger partial charge in [-0.2, -0.15) is 0 Å². The zero-order valence-corrected chi connectivity index (χ0v) is 24.8. The summed E-state index contributed by atoms with van der Waals surface area (Å²) in [4.78, 5) is 56.1. The first-order valence-corrected chi connectivity index (χ1v) is 13.9. The molecule has 0 saturated heterocycles. The Labute approximate surface area is 249 Å². The van der Waals surface area contributed by atoms with E-state index in [0.717, 1.165) is 21.4 Å². The van der Waals surface area contributed by atoms with Crippen molar-refractivity contribution in [2.75, 3.05) is 32.6 Å². The minimum absolute atomic E-state index is 0.135. The molecule has 1 aliphatic rings. The third kappa shape index (κ3) is 5.55. The van der Waals surface area contributed by atoms with Crippen LogP contribution < -0.4 is 14.8 Å². The van der Waals surface area contributed by atoms with Gasteiger partial charge in [-0.15, -0.1) is 0 Å². The molecule has 1 aromatic heterocycles. The number of rotatable bonds is 10. The van der Waals surface area contributed by atoms with Crippen molar-refractivity contribution in [2.45, 2.75) is 25.8 Å². The molecule has 10 heteroatoms. The van der Waals surface area contributed by atoms with E-state index in [1.165, 1.54) is 4.90 Å². The summed E-state index contributed by atoms with van der Waals surface area (Å²) in [6, 6.07) is 19.5. The second kappa shape index (κ2) is 11.6. The fraction of sp³-hybridized carbons (Fsp3) is 0.273. The number of nitrogens with zero attached hydrogens (tertiary/aromatic N) is 3. The van der Waals surface area contributed by atoms with Crippen LogP contribution in [0.5, 0.6) is 11.5 Å². The number of benzene rings is 3. The van der Waals surface area contributed by atoms with Crippen molar-refractivity contribution in [3.63, 3.8) is 0 Å². The lowest BCUT2D eigenvalue weighted by molar-refractivity contribution is -0.143. The maximum Gasteiger partial charge on any atom is 0.262 e. The summed E-state index contributed by atoms with van der Waals surface area (Å²) in [7, 11) is 5.04. The van der Waals surface area contributed by atoms with Crippen LogP contribution >= 0.6 is 0 Å². The second-order valence-corrected chi connectivity index (χ2v) is 10.9. The molecule has 2 heterocycles. The smallest absolute Gasteiger partial charge is 0.262 e. The van der Waals surface area contributed by atoms with E-state index >= 15 is 0 Å². The molecule has 0 bridgehead atoms. The molecule has 4 amide bonds. The lowest BCUT2D eigenvalue weighted by Crippen LogP contribution is -2.58. The molecule has 5 rings (SSSR count). The zero-order chi connectivity index (χ0) is 30.9. The molecule has 0 radical (unpaired) electrons. The SMILES string of the molecule is COc1ccc(CCN(C(=O)CN2C(=O)c3ccccc3C2=O)C(C)(C)C(=O)Nc2ccc3c(ccn3C)c2)cc1OC. The topological polar surface area (TPSA) is 110 Å². The van der Waals surface area contributed by atoms with Gasteiger partial charge < -0.3 is 24.3 Å². The van der Waals surface area contributed by atoms with Gasteiger partial charge in [0.1, 0.15) is 12.1 Å². The first-order chi connectivity index (χ1) is 20.5. The number of aryl methyl sites for hydroxylation is 1. The molecule has 10 nitrogen and oxygen atoms in total. The molecule has 1 aliphatic heterocycles. The Bertz CT molecular complexity index is 1710. The van der Waals surface area contributed by atoms with Crippen molar-refractivity contribution < 1.29 is 28.7 Å². The highest BCUT2D eigenvalue weighted by molar-refractivity contribution is 6.22. The molecule has 0 spiro atoms. The number of imide groups is 1. The molecule has 0 atom stereocenters. The Morgan fingerprint density at radius 2 is 1.56 bits per heavy atom. The maximum absolute atomic E-state index is 13.9. The van der Waals surface area contributed by atoms with Gasteiger partial charge in [0.25, 0.3) is 11.8 Å². The molecule has 0 fully saturated rings. The summed E-state index contributed by atoms with van der Waals surface area (Å²) in [6.07, 6.45) is 2.31. The Hall–Kier alpha value is -5.12. The van der Waals surface area contributed by atoms with Crippen LogP contribution in [0, 0.1) is 0 Å². The highest BCUT2D eigenvalue weighted by Gasteiger charge is 2.42. The van der Waals surface area contributed by atoms with E-state index in [2.05, 4.69) is 5.32 Å². The molecule has 0 unspecified atom stereocenters. The molecule has 3 aromatic carbocycles. The molecular weight excluding hydrogens is 548 g/mol. The van der Waals surface area contributed by atoms with Crippen molar-refractivity contribution in [3.8, 4) is 11.5 Å². The molecule has 43 heavy (non-hydrogen) atoms. The van der Waals surface area contributed by atoms with Gasteiger partial charge in [0.15, 0.2) is 11.5 Å². The number of ether oxygens (including phenoxy) is 2. The van der Waals surface area contributed by atoms with E-state index in [0.29, 0.717) is 23.6 Å². The number of aromatic nitrogens is 1. The predicted molar refractivity (Wildman–Crippen MR) is 162 cm³/mol. The standard InChI is InChI=1S/C33H34N4O6/c1-33(2,32(41)34-23-11-12-26-22(19-23)15-16-35(26)3)37(17-14-21-10-13-27(42-4)28(18-21)43-5)29(38)20-36-30(39)24-8-6-7-9-25(24)31(36)40/h6-13,15-16,18-19H,14,17,20H2,1-5H3,(H,34,41). The highest BCUT2D eigenvalue weighted by atomic mass is 16.5. The van der Waals surface area contributed by atoms with Crippen molar-refractivity contribution in [1.29, 1.82) is 0 Å². The number of methoxy groups -OCH3 is 2. The summed E-state index contributed by atoms with van der Waals surface area (Å²) in [6.45, 7) is 2.94. The van der Waals surface area contributed by atoms with E-state index in [1.54, 1.807) is 58.4 Å². The second-order valence-electron chi connectivity index (χ2n) is 10.9. The minimum atomic E-state index is -1.35. The van der Waals surface area contributed by atoms with Gasteiger partial charge >= 0.3 is 0 Å². The van der Waals surface area contributed by atoms with Crippen LogP contribution in [-0.4, -0.2) is 70.8 Å². The minimum Gasteiger partial charge on any atom is -0.493 e. The third-order valence-corrected chi connectivity index (χ3v) is 7.92. The molecule has 0 saturated carbocycles. The van der Waals surface area contributed by atoms with Crippen molar-refractivity contribution in [2.24, 2.45) is 7.05 Å². The van der Waals surface area contributed by atoms with Gasteiger partial charge in [-0.3, -0.25) is 24.1 Å². The Kier molecular flexibility index (Phi) is 7.95. The van der Waals surface area contributed by atoms with E-state index in [1.807, 2.05) is 54.2 Å². The summed E-state index contributed by atoms with van der Waals surface area (Å²) in [5.41, 5.74) is 1.62. The summed E-state index contributed by atoms with van der Waals surface area (Å²) >= 11 is 0. The summed E-state index contributed by atoms with van der Waals surface area (Å²) < 4.78 is 12.7. The number of anilines is 1. The molecule has 1 N–H and O–H groups in total. The summed E-state index contributed by atoms with van der Waals surface area (Å²) in [5, 5.41) is 3.91. The maximum atomic E-state index is 13.9. The molecule has 0 aliphatic carbocycles. The predicted octanol–water partition coefficient (Wildman–Crippen LogP) is 4.28. The van der Waals surface area contributed by atoms with E-state index in [-0.39, 0.29) is 17.7 Å². The average molecular weight is 583 g/mol. The number of hydrogen-bond donors (Lipinski definition) is 1. The van der Waals surface area contributed by atoms with Gasteiger partial charge in [-0.05, 0) is 74.4 Å². The number of nitrogens with one attached hydrogen (secondary N) is 1. The van der Waals surface area contributed by atoms with Gasteiger partial charge in [-0.25, -0.2) is 0 Å². The van der Waals surface area contributed by atoms with Crippen LogP contribution in [-0.2, 0) is 23.1 Å². The Morgan fingerprint density at radius 3 is 2.21 bits per heavy atom. The molecular formula is C33H34N4O6. The monoisotopic (exact) mass is 582 g/mol. The lowest BCUT2D eigenvalue weighted by atomic mass is 9.99. The van der Waals surface area contributed by atoms with Crippen LogP contribution in [0.2, 0.25) is 0 Å². The number of amides is 4. The quantitative estimate of drug-likeness (QED) is 0.280. The van der Waals surface area contributed by atoms with Crippen LogP contribution in [0.4, 0.5) is 5.69 Å². The zero-order valence-electron chi connectivity index (χ0n) is 24.8. The van der Waals surface area contributed by atoms with Crippen LogP contribution in [0.3, 0.4) is 0 Å². The first kappa shape index (κ1) is 29.4. The van der Waals surface area contributed by atoms with E-state index in [4.69, 9.17) is 9.47 Å². The summed E-state index contributed by atoms with van der Waals surface area (Å²) in [5.74, 6) is -0.906. The molecule has 222 valence electrons. The van der Waals surface area contributed by atoms with Crippen LogP contribution in [0.25, 0.3) is 10.9 Å². The lowest BCUT2D eigenvalue weighted by Gasteiger charge is -2.38. The fourth-order valence-corrected chi connectivity index (χ4v) is 5.36. The number of fused-ring (bicyclic) bond motifs is 2.